The monoisotopic (exact) mass is 355 g/mol. The third kappa shape index (κ3) is 3.66. The topological polar surface area (TPSA) is 72.2 Å². The lowest BCUT2D eigenvalue weighted by Crippen LogP contribution is -2.16. The van der Waals surface area contributed by atoms with Crippen LogP contribution >= 0.6 is 11.8 Å². The van der Waals surface area contributed by atoms with E-state index in [1.54, 1.807) is 0 Å². The average Bonchev–Trinajstić information content (AvgIpc) is 2.92. The summed E-state index contributed by atoms with van der Waals surface area (Å²) in [4.78, 5) is 16.7. The van der Waals surface area contributed by atoms with Crippen molar-refractivity contribution in [1.29, 1.82) is 0 Å². The van der Waals surface area contributed by atoms with Crippen LogP contribution in [0.3, 0.4) is 0 Å². The number of anilines is 1. The molecule has 0 bridgehead atoms. The highest BCUT2D eigenvalue weighted by atomic mass is 32.2. The van der Waals surface area contributed by atoms with E-state index in [0.29, 0.717) is 10.9 Å². The van der Waals surface area contributed by atoms with Crippen LogP contribution in [0.2, 0.25) is 0 Å². The number of amides is 1. The molecule has 0 aliphatic rings. The van der Waals surface area contributed by atoms with Gasteiger partial charge in [0, 0.05) is 17.1 Å². The van der Waals surface area contributed by atoms with Crippen LogP contribution in [0.4, 0.5) is 5.69 Å². The summed E-state index contributed by atoms with van der Waals surface area (Å²) in [5.41, 5.74) is 6.11. The van der Waals surface area contributed by atoms with Gasteiger partial charge < -0.3 is 5.32 Å². The van der Waals surface area contributed by atoms with E-state index in [2.05, 4.69) is 39.6 Å². The Morgan fingerprint density at radius 3 is 2.44 bits per heavy atom. The van der Waals surface area contributed by atoms with Crippen molar-refractivity contribution in [2.75, 3.05) is 11.1 Å². The van der Waals surface area contributed by atoms with Gasteiger partial charge in [0.05, 0.1) is 5.75 Å². The maximum absolute atomic E-state index is 12.4. The molecule has 2 aromatic heterocycles. The number of carbonyl (C=O) groups excluding carboxylic acids is 1. The minimum atomic E-state index is -0.0606. The SMILES string of the molecule is Cc1cc(C)c(NC(=O)CSc2nnc3nc(C)cc(C)n23)c(C)c1. The normalized spacial score (nSPS) is 11.1. The van der Waals surface area contributed by atoms with Gasteiger partial charge in [-0.2, -0.15) is 0 Å². The number of carbonyl (C=O) groups is 1. The van der Waals surface area contributed by atoms with Crippen molar-refractivity contribution in [3.8, 4) is 0 Å². The molecule has 3 rings (SSSR count). The van der Waals surface area contributed by atoms with Crippen LogP contribution in [0.1, 0.15) is 28.1 Å². The lowest BCUT2D eigenvalue weighted by atomic mass is 10.1. The van der Waals surface area contributed by atoms with Crippen molar-refractivity contribution in [2.45, 2.75) is 39.8 Å². The number of aromatic nitrogens is 4. The largest absolute Gasteiger partial charge is 0.325 e. The van der Waals surface area contributed by atoms with Gasteiger partial charge in [0.25, 0.3) is 5.78 Å². The molecule has 0 saturated carbocycles. The Morgan fingerprint density at radius 2 is 1.76 bits per heavy atom. The first-order valence-corrected chi connectivity index (χ1v) is 9.03. The molecule has 1 N–H and O–H groups in total. The summed E-state index contributed by atoms with van der Waals surface area (Å²) >= 11 is 1.36. The number of thioether (sulfide) groups is 1. The number of aryl methyl sites for hydroxylation is 5. The quantitative estimate of drug-likeness (QED) is 0.726. The second-order valence-corrected chi connectivity index (χ2v) is 7.21. The number of fused-ring (bicyclic) bond motifs is 1. The molecule has 3 aromatic rings. The van der Waals surface area contributed by atoms with E-state index in [-0.39, 0.29) is 11.7 Å². The molecule has 0 aliphatic carbocycles. The van der Waals surface area contributed by atoms with Crippen LogP contribution in [0.5, 0.6) is 0 Å². The smallest absolute Gasteiger partial charge is 0.256 e. The fraction of sp³-hybridized carbons (Fsp3) is 0.333. The number of hydrogen-bond acceptors (Lipinski definition) is 5. The van der Waals surface area contributed by atoms with Crippen LogP contribution in [-0.4, -0.2) is 31.2 Å². The Kier molecular flexibility index (Phi) is 4.76. The first kappa shape index (κ1) is 17.4. The molecule has 1 amide bonds. The van der Waals surface area contributed by atoms with Crippen molar-refractivity contribution in [1.82, 2.24) is 19.6 Å². The molecule has 0 unspecified atom stereocenters. The van der Waals surface area contributed by atoms with Crippen LogP contribution in [0.25, 0.3) is 5.78 Å². The number of nitrogens with one attached hydrogen (secondary N) is 1. The van der Waals surface area contributed by atoms with E-state index in [9.17, 15) is 4.79 Å². The van der Waals surface area contributed by atoms with Gasteiger partial charge in [-0.05, 0) is 51.8 Å². The molecule has 7 heteroatoms. The van der Waals surface area contributed by atoms with Crippen LogP contribution in [0.15, 0.2) is 23.4 Å². The van der Waals surface area contributed by atoms with Crippen molar-refractivity contribution >= 4 is 29.1 Å². The summed E-state index contributed by atoms with van der Waals surface area (Å²) < 4.78 is 1.87. The fourth-order valence-corrected chi connectivity index (χ4v) is 3.76. The summed E-state index contributed by atoms with van der Waals surface area (Å²) in [5, 5.41) is 11.9. The maximum Gasteiger partial charge on any atom is 0.256 e. The van der Waals surface area contributed by atoms with Gasteiger partial charge in [-0.1, -0.05) is 29.5 Å². The Bertz CT molecular complexity index is 940. The predicted molar refractivity (Wildman–Crippen MR) is 100 cm³/mol. The molecule has 0 atom stereocenters. The summed E-state index contributed by atoms with van der Waals surface area (Å²) in [5.74, 6) is 0.765. The fourth-order valence-electron chi connectivity index (χ4n) is 2.98. The Morgan fingerprint density at radius 1 is 1.08 bits per heavy atom. The molecule has 130 valence electrons. The summed E-state index contributed by atoms with van der Waals surface area (Å²) in [6.07, 6.45) is 0. The van der Waals surface area contributed by atoms with E-state index in [0.717, 1.165) is 28.2 Å². The van der Waals surface area contributed by atoms with Gasteiger partial charge >= 0.3 is 0 Å². The maximum atomic E-state index is 12.4. The van der Waals surface area contributed by atoms with E-state index < -0.39 is 0 Å². The minimum absolute atomic E-state index is 0.0606. The van der Waals surface area contributed by atoms with E-state index in [1.807, 2.05) is 38.2 Å². The molecular weight excluding hydrogens is 334 g/mol. The van der Waals surface area contributed by atoms with Gasteiger partial charge in [-0.25, -0.2) is 4.98 Å². The molecule has 0 fully saturated rings. The van der Waals surface area contributed by atoms with E-state index >= 15 is 0 Å². The van der Waals surface area contributed by atoms with Gasteiger partial charge in [-0.3, -0.25) is 9.20 Å². The average molecular weight is 355 g/mol. The van der Waals surface area contributed by atoms with Crippen molar-refractivity contribution in [3.63, 3.8) is 0 Å². The molecule has 2 heterocycles. The van der Waals surface area contributed by atoms with Crippen molar-refractivity contribution in [2.24, 2.45) is 0 Å². The highest BCUT2D eigenvalue weighted by molar-refractivity contribution is 7.99. The second kappa shape index (κ2) is 6.84. The zero-order chi connectivity index (χ0) is 18.1. The van der Waals surface area contributed by atoms with Crippen LogP contribution < -0.4 is 5.32 Å². The molecule has 0 aliphatic heterocycles. The highest BCUT2D eigenvalue weighted by Gasteiger charge is 2.13. The first-order chi connectivity index (χ1) is 11.8. The van der Waals surface area contributed by atoms with Gasteiger partial charge in [-0.15, -0.1) is 10.2 Å². The lowest BCUT2D eigenvalue weighted by molar-refractivity contribution is -0.113. The molecular formula is C18H21N5OS. The lowest BCUT2D eigenvalue weighted by Gasteiger charge is -2.12. The first-order valence-electron chi connectivity index (χ1n) is 8.05. The van der Waals surface area contributed by atoms with Crippen LogP contribution in [-0.2, 0) is 4.79 Å². The van der Waals surface area contributed by atoms with Gasteiger partial charge in [0.2, 0.25) is 5.91 Å². The van der Waals surface area contributed by atoms with E-state index in [4.69, 9.17) is 0 Å². The number of hydrogen-bond donors (Lipinski definition) is 1. The molecule has 6 nitrogen and oxygen atoms in total. The number of benzene rings is 1. The Hall–Kier alpha value is -2.41. The summed E-state index contributed by atoms with van der Waals surface area (Å²) in [6.45, 7) is 9.97. The van der Waals surface area contributed by atoms with Crippen LogP contribution in [0, 0.1) is 34.6 Å². The predicted octanol–water partition coefficient (Wildman–Crippen LogP) is 3.40. The standard InChI is InChI=1S/C18H21N5OS/c1-10-6-11(2)16(12(3)7-10)20-15(24)9-25-18-22-21-17-19-13(4)8-14(5)23(17)18/h6-8H,9H2,1-5H3,(H,20,24). The third-order valence-electron chi connectivity index (χ3n) is 3.94. The zero-order valence-corrected chi connectivity index (χ0v) is 15.9. The summed E-state index contributed by atoms with van der Waals surface area (Å²) in [7, 11) is 0. The molecule has 0 radical (unpaired) electrons. The second-order valence-electron chi connectivity index (χ2n) is 6.27. The zero-order valence-electron chi connectivity index (χ0n) is 15.0. The van der Waals surface area contributed by atoms with Crippen molar-refractivity contribution < 1.29 is 4.79 Å². The number of rotatable bonds is 4. The van der Waals surface area contributed by atoms with E-state index in [1.165, 1.54) is 17.3 Å². The third-order valence-corrected chi connectivity index (χ3v) is 4.87. The minimum Gasteiger partial charge on any atom is -0.325 e. The molecule has 0 spiro atoms. The van der Waals surface area contributed by atoms with Gasteiger partial charge in [0.1, 0.15) is 0 Å². The Labute approximate surface area is 151 Å². The highest BCUT2D eigenvalue weighted by Crippen LogP contribution is 2.23. The van der Waals surface area contributed by atoms with Crippen molar-refractivity contribution in [3.05, 3.63) is 46.3 Å². The molecule has 0 saturated heterocycles. The van der Waals surface area contributed by atoms with Gasteiger partial charge in [0.15, 0.2) is 5.16 Å². The molecule has 1 aromatic carbocycles. The molecule has 25 heavy (non-hydrogen) atoms. The Balaban J connectivity index is 1.73. The summed E-state index contributed by atoms with van der Waals surface area (Å²) in [6, 6.07) is 6.11. The number of nitrogens with zero attached hydrogens (tertiary/aromatic N) is 4.